The Bertz CT molecular complexity index is 1410. The molecule has 0 spiro atoms. The van der Waals surface area contributed by atoms with Crippen LogP contribution in [0.15, 0.2) is 87.4 Å². The quantitative estimate of drug-likeness (QED) is 0.0623. The first-order chi connectivity index (χ1) is 20.5. The zero-order valence-electron chi connectivity index (χ0n) is 23.5. The van der Waals surface area contributed by atoms with E-state index >= 15 is 0 Å². The van der Waals surface area contributed by atoms with Crippen molar-refractivity contribution in [2.45, 2.75) is 50.8 Å². The molecule has 42 heavy (non-hydrogen) atoms. The zero-order chi connectivity index (χ0) is 29.8. The van der Waals surface area contributed by atoms with Gasteiger partial charge in [-0.3, -0.25) is 10.2 Å². The number of nitrogens with zero attached hydrogens (tertiary/aromatic N) is 4. The second kappa shape index (κ2) is 15.4. The average molecular weight is 636 g/mol. The summed E-state index contributed by atoms with van der Waals surface area (Å²) in [5.41, 5.74) is 16.7. The topological polar surface area (TPSA) is 141 Å². The predicted octanol–water partition coefficient (Wildman–Crippen LogP) is 5.94. The van der Waals surface area contributed by atoms with Crippen LogP contribution in [0.3, 0.4) is 0 Å². The Morgan fingerprint density at radius 2 is 1.86 bits per heavy atom. The zero-order valence-corrected chi connectivity index (χ0v) is 25.1. The van der Waals surface area contributed by atoms with E-state index in [1.165, 1.54) is 0 Å². The monoisotopic (exact) mass is 634 g/mol. The van der Waals surface area contributed by atoms with Gasteiger partial charge in [-0.1, -0.05) is 70.8 Å². The van der Waals surface area contributed by atoms with Gasteiger partial charge in [-0.25, -0.2) is 10.4 Å². The van der Waals surface area contributed by atoms with Gasteiger partial charge in [0.15, 0.2) is 11.6 Å². The molecule has 0 bridgehead atoms. The van der Waals surface area contributed by atoms with Crippen LogP contribution in [0, 0.1) is 0 Å². The molecule has 0 saturated carbocycles. The van der Waals surface area contributed by atoms with Crippen LogP contribution in [0.1, 0.15) is 54.5 Å². The number of nitrogens with one attached hydrogen (secondary N) is 2. The van der Waals surface area contributed by atoms with Gasteiger partial charge in [0.05, 0.1) is 13.2 Å². The van der Waals surface area contributed by atoms with Crippen molar-refractivity contribution in [2.24, 2.45) is 10.1 Å². The molecule has 3 N–H and O–H groups in total. The van der Waals surface area contributed by atoms with Crippen LogP contribution in [0.5, 0.6) is 5.75 Å². The summed E-state index contributed by atoms with van der Waals surface area (Å²) in [6.45, 7) is 3.31. The third-order valence-electron chi connectivity index (χ3n) is 6.94. The molecule has 0 fully saturated rings. The van der Waals surface area contributed by atoms with Crippen LogP contribution in [-0.4, -0.2) is 42.2 Å². The summed E-state index contributed by atoms with van der Waals surface area (Å²) < 4.78 is 13.1. The molecule has 0 unspecified atom stereocenters. The van der Waals surface area contributed by atoms with Gasteiger partial charge in [0, 0.05) is 40.9 Å². The standard InChI is InChI=1S/C31H35BrN6O4/c1-2-3-17-34-37-30(40)31(20-24-7-4-5-8-25(24)21-35-38-33)28(22-9-13-26(32)14-10-22)42-29(36-31)23-11-15-27(16-12-23)41-19-6-18-39/h4-5,7-16,28,34,39H,2-3,6,17-21H2,1H3,(H,37,40)/t28-,31-/m0/s1. The molecule has 1 aliphatic rings. The van der Waals surface area contributed by atoms with Gasteiger partial charge in [-0.2, -0.15) is 0 Å². The van der Waals surface area contributed by atoms with Gasteiger partial charge < -0.3 is 14.6 Å². The Morgan fingerprint density at radius 1 is 1.12 bits per heavy atom. The lowest BCUT2D eigenvalue weighted by Gasteiger charge is -2.31. The van der Waals surface area contributed by atoms with Crippen LogP contribution in [0.4, 0.5) is 0 Å². The molecule has 1 amide bonds. The van der Waals surface area contributed by atoms with Crippen molar-refractivity contribution in [3.8, 4) is 5.75 Å². The number of aliphatic hydroxyl groups is 1. The largest absolute Gasteiger partial charge is 0.494 e. The number of unbranched alkanes of at least 4 members (excludes halogenated alkanes) is 1. The molecule has 3 aromatic rings. The molecule has 4 rings (SSSR count). The highest BCUT2D eigenvalue weighted by Crippen LogP contribution is 2.43. The van der Waals surface area contributed by atoms with E-state index in [1.807, 2.05) is 72.8 Å². The fraction of sp³-hybridized carbons (Fsp3) is 0.355. The number of benzene rings is 3. The third-order valence-corrected chi connectivity index (χ3v) is 7.47. The molecule has 2 atom stereocenters. The van der Waals surface area contributed by atoms with E-state index in [9.17, 15) is 4.79 Å². The van der Waals surface area contributed by atoms with Crippen molar-refractivity contribution in [3.63, 3.8) is 0 Å². The lowest BCUT2D eigenvalue weighted by molar-refractivity contribution is -0.130. The van der Waals surface area contributed by atoms with Gasteiger partial charge in [-0.05, 0) is 65.0 Å². The lowest BCUT2D eigenvalue weighted by Crippen LogP contribution is -2.54. The van der Waals surface area contributed by atoms with E-state index in [2.05, 4.69) is 43.7 Å². The first-order valence-corrected chi connectivity index (χ1v) is 14.8. The number of carbonyl (C=O) groups is 1. The molecule has 0 aliphatic carbocycles. The van der Waals surface area contributed by atoms with Crippen LogP contribution in [0.2, 0.25) is 0 Å². The minimum absolute atomic E-state index is 0.0591. The number of halogens is 1. The summed E-state index contributed by atoms with van der Waals surface area (Å²) in [6.07, 6.45) is 1.88. The molecule has 220 valence electrons. The van der Waals surface area contributed by atoms with Crippen molar-refractivity contribution in [2.75, 3.05) is 19.8 Å². The summed E-state index contributed by atoms with van der Waals surface area (Å²) in [5.74, 6) is 0.663. The predicted molar refractivity (Wildman–Crippen MR) is 165 cm³/mol. The fourth-order valence-corrected chi connectivity index (χ4v) is 4.98. The van der Waals surface area contributed by atoms with Gasteiger partial charge in [-0.15, -0.1) is 0 Å². The molecule has 0 saturated heterocycles. The van der Waals surface area contributed by atoms with Crippen molar-refractivity contribution in [1.82, 2.24) is 10.9 Å². The molecular formula is C31H35BrN6O4. The van der Waals surface area contributed by atoms with Crippen LogP contribution < -0.4 is 15.6 Å². The molecule has 1 heterocycles. The summed E-state index contributed by atoms with van der Waals surface area (Å²) in [7, 11) is 0. The third kappa shape index (κ3) is 7.68. The Morgan fingerprint density at radius 3 is 2.55 bits per heavy atom. The van der Waals surface area contributed by atoms with Crippen LogP contribution >= 0.6 is 15.9 Å². The average Bonchev–Trinajstić information content (AvgIpc) is 3.40. The number of aliphatic hydroxyl groups excluding tert-OH is 1. The molecule has 1 aliphatic heterocycles. The highest BCUT2D eigenvalue weighted by molar-refractivity contribution is 9.10. The Hall–Kier alpha value is -3.89. The second-order valence-corrected chi connectivity index (χ2v) is 10.8. The highest BCUT2D eigenvalue weighted by Gasteiger charge is 2.53. The highest BCUT2D eigenvalue weighted by atomic mass is 79.9. The Kier molecular flexibility index (Phi) is 11.4. The van der Waals surface area contributed by atoms with E-state index in [4.69, 9.17) is 25.1 Å². The first-order valence-electron chi connectivity index (χ1n) is 14.0. The Labute approximate surface area is 253 Å². The number of azide groups is 1. The normalized spacial score (nSPS) is 17.6. The first kappa shape index (κ1) is 31.1. The van der Waals surface area contributed by atoms with Gasteiger partial charge >= 0.3 is 0 Å². The van der Waals surface area contributed by atoms with Crippen molar-refractivity contribution in [1.29, 1.82) is 0 Å². The number of ether oxygens (including phenoxy) is 2. The molecular weight excluding hydrogens is 600 g/mol. The van der Waals surface area contributed by atoms with E-state index in [0.717, 1.165) is 34.0 Å². The number of carbonyl (C=O) groups excluding carboxylic acids is 1. The lowest BCUT2D eigenvalue weighted by atomic mass is 9.81. The number of hydrogen-bond donors (Lipinski definition) is 3. The van der Waals surface area contributed by atoms with Crippen LogP contribution in [-0.2, 0) is 22.5 Å². The molecule has 11 heteroatoms. The summed E-state index contributed by atoms with van der Waals surface area (Å²) >= 11 is 3.50. The van der Waals surface area contributed by atoms with Gasteiger partial charge in [0.2, 0.25) is 5.90 Å². The summed E-state index contributed by atoms with van der Waals surface area (Å²) in [4.78, 5) is 22.2. The Balaban J connectivity index is 1.79. The van der Waals surface area contributed by atoms with E-state index in [-0.39, 0.29) is 25.5 Å². The molecule has 10 nitrogen and oxygen atoms in total. The maximum Gasteiger partial charge on any atom is 0.266 e. The van der Waals surface area contributed by atoms with Crippen molar-refractivity contribution in [3.05, 3.63) is 110 Å². The van der Waals surface area contributed by atoms with Gasteiger partial charge in [0.25, 0.3) is 5.91 Å². The van der Waals surface area contributed by atoms with E-state index in [1.54, 1.807) is 0 Å². The molecule has 0 aromatic heterocycles. The van der Waals surface area contributed by atoms with E-state index in [0.29, 0.717) is 36.8 Å². The number of aliphatic imine (C=N–C) groups is 1. The van der Waals surface area contributed by atoms with Crippen LogP contribution in [0.25, 0.3) is 10.4 Å². The van der Waals surface area contributed by atoms with Gasteiger partial charge in [0.1, 0.15) is 5.75 Å². The smallest absolute Gasteiger partial charge is 0.266 e. The summed E-state index contributed by atoms with van der Waals surface area (Å²) in [6, 6.07) is 22.6. The minimum Gasteiger partial charge on any atom is -0.494 e. The molecule has 3 aromatic carbocycles. The second-order valence-electron chi connectivity index (χ2n) is 9.91. The van der Waals surface area contributed by atoms with E-state index < -0.39 is 11.6 Å². The number of hydrogen-bond acceptors (Lipinski definition) is 7. The van der Waals surface area contributed by atoms with Crippen molar-refractivity contribution < 1.29 is 19.4 Å². The SMILES string of the molecule is CCCCNNC(=O)[C@@]1(Cc2ccccc2CN=[N+]=[N-])N=C(c2ccc(OCCCO)cc2)O[C@H]1c1ccc(Br)cc1. The van der Waals surface area contributed by atoms with Crippen molar-refractivity contribution >= 4 is 27.7 Å². The number of rotatable bonds is 15. The maximum atomic E-state index is 14.2. The molecule has 0 radical (unpaired) electrons. The fourth-order valence-electron chi connectivity index (χ4n) is 4.72. The number of amides is 1. The number of hydrazine groups is 1. The summed E-state index contributed by atoms with van der Waals surface area (Å²) in [5, 5.41) is 12.8. The maximum absolute atomic E-state index is 14.2. The minimum atomic E-state index is -1.38.